The number of benzene rings is 2. The zero-order valence-corrected chi connectivity index (χ0v) is 15.7. The molecule has 1 aromatic heterocycles. The molecular weight excluding hydrogens is 359 g/mol. The maximum atomic E-state index is 13.0. The number of hydrogen-bond acceptors (Lipinski definition) is 3. The maximum Gasteiger partial charge on any atom is 0.224 e. The average Bonchev–Trinajstić information content (AvgIpc) is 3.13. The number of thiazole rings is 1. The summed E-state index contributed by atoms with van der Waals surface area (Å²) in [5.41, 5.74) is 2.02. The van der Waals surface area contributed by atoms with Crippen LogP contribution < -0.4 is 5.32 Å². The number of nitrogens with one attached hydrogen (secondary N) is 1. The van der Waals surface area contributed by atoms with Crippen molar-refractivity contribution in [2.45, 2.75) is 25.2 Å². The first-order chi connectivity index (χ1) is 13.2. The van der Waals surface area contributed by atoms with Crippen molar-refractivity contribution in [3.8, 4) is 0 Å². The van der Waals surface area contributed by atoms with Crippen molar-refractivity contribution in [3.63, 3.8) is 0 Å². The lowest BCUT2D eigenvalue weighted by molar-refractivity contribution is -0.125. The van der Waals surface area contributed by atoms with Crippen LogP contribution in [0.1, 0.15) is 29.3 Å². The molecule has 4 rings (SSSR count). The fourth-order valence-electron chi connectivity index (χ4n) is 3.54. The van der Waals surface area contributed by atoms with E-state index < -0.39 is 0 Å². The topological polar surface area (TPSA) is 42.0 Å². The second-order valence-corrected chi connectivity index (χ2v) is 7.91. The van der Waals surface area contributed by atoms with E-state index in [-0.39, 0.29) is 23.6 Å². The first kappa shape index (κ1) is 17.9. The van der Waals surface area contributed by atoms with E-state index in [2.05, 4.69) is 23.5 Å². The lowest BCUT2D eigenvalue weighted by Gasteiger charge is -2.26. The number of hydrogen-bond donors (Lipinski definition) is 1. The second-order valence-electron chi connectivity index (χ2n) is 6.84. The van der Waals surface area contributed by atoms with E-state index in [1.807, 2.05) is 18.2 Å². The fraction of sp³-hybridized carbons (Fsp3) is 0.273. The summed E-state index contributed by atoms with van der Waals surface area (Å²) in [5.74, 6) is -0.136. The lowest BCUT2D eigenvalue weighted by Crippen LogP contribution is -2.36. The van der Waals surface area contributed by atoms with Crippen molar-refractivity contribution in [1.29, 1.82) is 0 Å². The second kappa shape index (κ2) is 8.01. The molecule has 27 heavy (non-hydrogen) atoms. The van der Waals surface area contributed by atoms with Crippen LogP contribution in [-0.2, 0) is 11.2 Å². The van der Waals surface area contributed by atoms with Gasteiger partial charge in [-0.3, -0.25) is 4.79 Å². The van der Waals surface area contributed by atoms with Gasteiger partial charge in [-0.2, -0.15) is 0 Å². The van der Waals surface area contributed by atoms with E-state index in [0.29, 0.717) is 13.0 Å². The highest BCUT2D eigenvalue weighted by Crippen LogP contribution is 2.38. The van der Waals surface area contributed by atoms with E-state index in [9.17, 15) is 9.18 Å². The first-order valence-corrected chi connectivity index (χ1v) is 10.0. The van der Waals surface area contributed by atoms with Gasteiger partial charge in [0.2, 0.25) is 5.91 Å². The molecule has 3 nitrogen and oxygen atoms in total. The monoisotopic (exact) mass is 380 g/mol. The largest absolute Gasteiger partial charge is 0.356 e. The van der Waals surface area contributed by atoms with Crippen LogP contribution in [0, 0.1) is 11.7 Å². The molecule has 0 radical (unpaired) electrons. The van der Waals surface area contributed by atoms with E-state index in [4.69, 9.17) is 4.98 Å². The molecule has 0 saturated carbocycles. The minimum absolute atomic E-state index is 0.0747. The Labute approximate surface area is 161 Å². The van der Waals surface area contributed by atoms with Gasteiger partial charge in [-0.05, 0) is 49.1 Å². The highest BCUT2D eigenvalue weighted by atomic mass is 32.1. The molecule has 0 fully saturated rings. The Balaban J connectivity index is 1.43. The maximum absolute atomic E-state index is 13.0. The number of rotatable bonds is 5. The summed E-state index contributed by atoms with van der Waals surface area (Å²) in [6.07, 6.45) is 6.52. The molecule has 1 aliphatic carbocycles. The van der Waals surface area contributed by atoms with Crippen molar-refractivity contribution >= 4 is 27.5 Å². The van der Waals surface area contributed by atoms with Crippen LogP contribution in [0.5, 0.6) is 0 Å². The third kappa shape index (κ3) is 4.08. The Bertz CT molecular complexity index is 931. The molecule has 1 aliphatic rings. The summed E-state index contributed by atoms with van der Waals surface area (Å²) in [4.78, 5) is 17.6. The van der Waals surface area contributed by atoms with Crippen LogP contribution >= 0.6 is 11.3 Å². The van der Waals surface area contributed by atoms with Gasteiger partial charge in [-0.1, -0.05) is 36.4 Å². The van der Waals surface area contributed by atoms with Crippen molar-refractivity contribution in [3.05, 3.63) is 77.1 Å². The predicted octanol–water partition coefficient (Wildman–Crippen LogP) is 4.84. The standard InChI is InChI=1S/C22H21FN2OS/c23-16-11-9-15(10-12-16)13-14-24-21(26)17-5-1-2-6-18(17)22-25-19-7-3-4-8-20(19)27-22/h1-4,7-12,17-18H,5-6,13-14H2,(H,24,26). The SMILES string of the molecule is O=C(NCCc1ccc(F)cc1)C1CC=CCC1c1nc2ccccc2s1. The number of allylic oxidation sites excluding steroid dienone is 2. The zero-order valence-electron chi connectivity index (χ0n) is 14.9. The van der Waals surface area contributed by atoms with E-state index in [1.54, 1.807) is 23.5 Å². The molecule has 5 heteroatoms. The molecule has 2 atom stereocenters. The number of nitrogens with zero attached hydrogens (tertiary/aromatic N) is 1. The number of para-hydroxylation sites is 1. The van der Waals surface area contributed by atoms with Gasteiger partial charge in [-0.25, -0.2) is 9.37 Å². The molecule has 0 spiro atoms. The smallest absolute Gasteiger partial charge is 0.224 e. The van der Waals surface area contributed by atoms with Crippen LogP contribution in [0.4, 0.5) is 4.39 Å². The molecule has 1 amide bonds. The third-order valence-corrected chi connectivity index (χ3v) is 6.19. The first-order valence-electron chi connectivity index (χ1n) is 9.23. The number of halogens is 1. The van der Waals surface area contributed by atoms with Gasteiger partial charge in [0, 0.05) is 12.5 Å². The summed E-state index contributed by atoms with van der Waals surface area (Å²) in [5, 5.41) is 4.10. The van der Waals surface area contributed by atoms with Gasteiger partial charge in [0.15, 0.2) is 0 Å². The molecule has 2 unspecified atom stereocenters. The third-order valence-electron chi connectivity index (χ3n) is 5.02. The van der Waals surface area contributed by atoms with Gasteiger partial charge in [-0.15, -0.1) is 11.3 Å². The van der Waals surface area contributed by atoms with Crippen LogP contribution in [-0.4, -0.2) is 17.4 Å². The number of carbonyl (C=O) groups is 1. The molecular formula is C22H21FN2OS. The zero-order chi connectivity index (χ0) is 18.6. The van der Waals surface area contributed by atoms with Crippen LogP contribution in [0.15, 0.2) is 60.7 Å². The quantitative estimate of drug-likeness (QED) is 0.643. The summed E-state index contributed by atoms with van der Waals surface area (Å²) in [7, 11) is 0. The lowest BCUT2D eigenvalue weighted by atomic mass is 9.82. The normalized spacial score (nSPS) is 19.3. The molecule has 1 N–H and O–H groups in total. The Kier molecular flexibility index (Phi) is 5.30. The molecule has 138 valence electrons. The average molecular weight is 380 g/mol. The Hall–Kier alpha value is -2.53. The summed E-state index contributed by atoms with van der Waals surface area (Å²) >= 11 is 1.69. The van der Waals surface area contributed by atoms with Crippen molar-refractivity contribution in [2.24, 2.45) is 5.92 Å². The Morgan fingerprint density at radius 2 is 1.89 bits per heavy atom. The van der Waals surface area contributed by atoms with Crippen LogP contribution in [0.25, 0.3) is 10.2 Å². The number of amides is 1. The molecule has 0 bridgehead atoms. The van der Waals surface area contributed by atoms with E-state index in [1.165, 1.54) is 12.1 Å². The van der Waals surface area contributed by atoms with Crippen LogP contribution in [0.3, 0.4) is 0 Å². The number of carbonyl (C=O) groups excluding carboxylic acids is 1. The molecule has 0 aliphatic heterocycles. The van der Waals surface area contributed by atoms with Crippen molar-refractivity contribution in [1.82, 2.24) is 10.3 Å². The predicted molar refractivity (Wildman–Crippen MR) is 107 cm³/mol. The summed E-state index contributed by atoms with van der Waals surface area (Å²) in [6.45, 7) is 0.553. The summed E-state index contributed by atoms with van der Waals surface area (Å²) in [6, 6.07) is 14.5. The van der Waals surface area contributed by atoms with Gasteiger partial charge in [0.1, 0.15) is 5.82 Å². The van der Waals surface area contributed by atoms with Crippen molar-refractivity contribution in [2.75, 3.05) is 6.54 Å². The molecule has 3 aromatic rings. The Morgan fingerprint density at radius 3 is 2.70 bits per heavy atom. The van der Waals surface area contributed by atoms with E-state index >= 15 is 0 Å². The highest BCUT2D eigenvalue weighted by Gasteiger charge is 2.32. The van der Waals surface area contributed by atoms with Crippen LogP contribution in [0.2, 0.25) is 0 Å². The number of fused-ring (bicyclic) bond motifs is 1. The molecule has 2 aromatic carbocycles. The van der Waals surface area contributed by atoms with Gasteiger partial charge >= 0.3 is 0 Å². The molecule has 1 heterocycles. The minimum Gasteiger partial charge on any atom is -0.356 e. The minimum atomic E-state index is -0.240. The molecule has 0 saturated heterocycles. The van der Waals surface area contributed by atoms with E-state index in [0.717, 1.165) is 33.6 Å². The number of aromatic nitrogens is 1. The van der Waals surface area contributed by atoms with Gasteiger partial charge in [0.05, 0.1) is 21.1 Å². The Morgan fingerprint density at radius 1 is 1.11 bits per heavy atom. The highest BCUT2D eigenvalue weighted by molar-refractivity contribution is 7.18. The summed E-state index contributed by atoms with van der Waals surface area (Å²) < 4.78 is 14.1. The fourth-order valence-corrected chi connectivity index (χ4v) is 4.68. The van der Waals surface area contributed by atoms with Gasteiger partial charge < -0.3 is 5.32 Å². The van der Waals surface area contributed by atoms with Crippen molar-refractivity contribution < 1.29 is 9.18 Å². The van der Waals surface area contributed by atoms with Gasteiger partial charge in [0.25, 0.3) is 0 Å².